The van der Waals surface area contributed by atoms with E-state index in [2.05, 4.69) is 10.2 Å². The molecule has 0 amide bonds. The summed E-state index contributed by atoms with van der Waals surface area (Å²) in [5, 5.41) is 8.26. The SMILES string of the molecule is COc1ccc(-c2nnc3s/c(=C\c4ccco4)c(=O)n23)cc1OC. The number of hydrogen-bond donors (Lipinski definition) is 0. The van der Waals surface area contributed by atoms with Crippen LogP contribution in [0.1, 0.15) is 5.76 Å². The Bertz CT molecular complexity index is 1140. The third-order valence-corrected chi connectivity index (χ3v) is 4.67. The summed E-state index contributed by atoms with van der Waals surface area (Å²) in [6.45, 7) is 0. The minimum absolute atomic E-state index is 0.189. The van der Waals surface area contributed by atoms with Crippen LogP contribution in [0.25, 0.3) is 22.4 Å². The highest BCUT2D eigenvalue weighted by atomic mass is 32.1. The first kappa shape index (κ1) is 15.4. The summed E-state index contributed by atoms with van der Waals surface area (Å²) >= 11 is 1.26. The normalized spacial score (nSPS) is 12.0. The first-order valence-electron chi connectivity index (χ1n) is 7.37. The Balaban J connectivity index is 1.90. The molecule has 3 aromatic heterocycles. The smallest absolute Gasteiger partial charge is 0.276 e. The van der Waals surface area contributed by atoms with E-state index >= 15 is 0 Å². The van der Waals surface area contributed by atoms with E-state index in [-0.39, 0.29) is 5.56 Å². The van der Waals surface area contributed by atoms with Gasteiger partial charge in [-0.2, -0.15) is 0 Å². The summed E-state index contributed by atoms with van der Waals surface area (Å²) in [6, 6.07) is 8.90. The maximum Gasteiger partial charge on any atom is 0.276 e. The summed E-state index contributed by atoms with van der Waals surface area (Å²) in [4.78, 5) is 13.3. The van der Waals surface area contributed by atoms with E-state index in [9.17, 15) is 4.79 Å². The number of ether oxygens (including phenoxy) is 2. The van der Waals surface area contributed by atoms with Crippen molar-refractivity contribution in [1.82, 2.24) is 14.6 Å². The minimum Gasteiger partial charge on any atom is -0.493 e. The molecule has 0 aliphatic carbocycles. The maximum absolute atomic E-state index is 12.8. The van der Waals surface area contributed by atoms with E-state index < -0.39 is 0 Å². The Labute approximate surface area is 145 Å². The molecular weight excluding hydrogens is 342 g/mol. The van der Waals surface area contributed by atoms with Gasteiger partial charge in [-0.25, -0.2) is 4.40 Å². The van der Waals surface area contributed by atoms with E-state index in [1.54, 1.807) is 50.8 Å². The maximum atomic E-state index is 12.8. The number of methoxy groups -OCH3 is 2. The van der Waals surface area contributed by atoms with Gasteiger partial charge >= 0.3 is 0 Å². The molecule has 126 valence electrons. The molecule has 0 bridgehead atoms. The Morgan fingerprint density at radius 3 is 2.72 bits per heavy atom. The van der Waals surface area contributed by atoms with Gasteiger partial charge in [0.05, 0.1) is 20.5 Å². The molecule has 0 radical (unpaired) electrons. The molecule has 4 aromatic rings. The molecule has 1 aromatic carbocycles. The minimum atomic E-state index is -0.189. The number of rotatable bonds is 4. The summed E-state index contributed by atoms with van der Waals surface area (Å²) in [7, 11) is 3.12. The second kappa shape index (κ2) is 6.06. The fourth-order valence-electron chi connectivity index (χ4n) is 2.53. The van der Waals surface area contributed by atoms with E-state index in [0.717, 1.165) is 0 Å². The average Bonchev–Trinajstić information content (AvgIpc) is 3.35. The van der Waals surface area contributed by atoms with Crippen molar-refractivity contribution in [3.05, 3.63) is 57.2 Å². The number of thiazole rings is 1. The Morgan fingerprint density at radius 2 is 2.00 bits per heavy atom. The molecule has 25 heavy (non-hydrogen) atoms. The van der Waals surface area contributed by atoms with Gasteiger partial charge < -0.3 is 13.9 Å². The van der Waals surface area contributed by atoms with Crippen LogP contribution < -0.4 is 19.6 Å². The zero-order valence-corrected chi connectivity index (χ0v) is 14.2. The van der Waals surface area contributed by atoms with Gasteiger partial charge in [0.25, 0.3) is 5.56 Å². The van der Waals surface area contributed by atoms with E-state index in [4.69, 9.17) is 13.9 Å². The van der Waals surface area contributed by atoms with Gasteiger partial charge in [0, 0.05) is 11.6 Å². The fraction of sp³-hybridized carbons (Fsp3) is 0.118. The van der Waals surface area contributed by atoms with Gasteiger partial charge in [-0.1, -0.05) is 11.3 Å². The lowest BCUT2D eigenvalue weighted by Gasteiger charge is -2.08. The van der Waals surface area contributed by atoms with E-state index in [1.807, 2.05) is 6.07 Å². The molecule has 0 saturated carbocycles. The lowest BCUT2D eigenvalue weighted by Crippen LogP contribution is -2.23. The number of benzene rings is 1. The standard InChI is InChI=1S/C17H13N3O4S/c1-22-12-6-5-10(8-13(12)23-2)15-18-19-17-20(15)16(21)14(25-17)9-11-4-3-7-24-11/h3-9H,1-2H3/b14-9-. The highest BCUT2D eigenvalue weighted by Gasteiger charge is 2.16. The van der Waals surface area contributed by atoms with Crippen molar-refractivity contribution < 1.29 is 13.9 Å². The second-order valence-electron chi connectivity index (χ2n) is 5.14. The van der Waals surface area contributed by atoms with Crippen LogP contribution in [-0.4, -0.2) is 28.8 Å². The van der Waals surface area contributed by atoms with Crippen molar-refractivity contribution in [2.75, 3.05) is 14.2 Å². The largest absolute Gasteiger partial charge is 0.493 e. The van der Waals surface area contributed by atoms with Gasteiger partial charge in [0.2, 0.25) is 4.96 Å². The second-order valence-corrected chi connectivity index (χ2v) is 6.15. The van der Waals surface area contributed by atoms with E-state index in [0.29, 0.717) is 38.1 Å². The Kier molecular flexibility index (Phi) is 3.73. The van der Waals surface area contributed by atoms with Gasteiger partial charge in [-0.3, -0.25) is 4.79 Å². The average molecular weight is 355 g/mol. The van der Waals surface area contributed by atoms with Crippen LogP contribution in [0.15, 0.2) is 45.8 Å². The van der Waals surface area contributed by atoms with Gasteiger partial charge in [-0.05, 0) is 30.3 Å². The first-order valence-corrected chi connectivity index (χ1v) is 8.18. The molecule has 0 fully saturated rings. The zero-order chi connectivity index (χ0) is 17.4. The summed E-state index contributed by atoms with van der Waals surface area (Å²) in [5.41, 5.74) is 0.524. The number of nitrogens with zero attached hydrogens (tertiary/aromatic N) is 3. The predicted octanol–water partition coefficient (Wildman–Crippen LogP) is 1.98. The molecule has 0 atom stereocenters. The van der Waals surface area contributed by atoms with Crippen LogP contribution in [0.5, 0.6) is 11.5 Å². The summed E-state index contributed by atoms with van der Waals surface area (Å²) < 4.78 is 17.8. The van der Waals surface area contributed by atoms with Crippen molar-refractivity contribution >= 4 is 22.4 Å². The summed E-state index contributed by atoms with van der Waals surface area (Å²) in [5.74, 6) is 2.23. The van der Waals surface area contributed by atoms with Crippen LogP contribution in [0.3, 0.4) is 0 Å². The highest BCUT2D eigenvalue weighted by molar-refractivity contribution is 7.15. The molecule has 0 saturated heterocycles. The Morgan fingerprint density at radius 1 is 1.16 bits per heavy atom. The number of furan rings is 1. The molecule has 0 aliphatic rings. The van der Waals surface area contributed by atoms with Crippen LogP contribution >= 0.6 is 11.3 Å². The van der Waals surface area contributed by atoms with Crippen molar-refractivity contribution in [3.63, 3.8) is 0 Å². The third kappa shape index (κ3) is 2.56. The molecular formula is C17H13N3O4S. The van der Waals surface area contributed by atoms with Crippen molar-refractivity contribution in [2.24, 2.45) is 0 Å². The van der Waals surface area contributed by atoms with Crippen LogP contribution in [0.2, 0.25) is 0 Å². The zero-order valence-electron chi connectivity index (χ0n) is 13.4. The number of hydrogen-bond acceptors (Lipinski definition) is 7. The third-order valence-electron chi connectivity index (χ3n) is 3.71. The number of aromatic nitrogens is 3. The lowest BCUT2D eigenvalue weighted by atomic mass is 10.2. The number of fused-ring (bicyclic) bond motifs is 1. The first-order chi connectivity index (χ1) is 12.2. The molecule has 8 heteroatoms. The van der Waals surface area contributed by atoms with Gasteiger partial charge in [0.1, 0.15) is 10.3 Å². The predicted molar refractivity (Wildman–Crippen MR) is 93.2 cm³/mol. The van der Waals surface area contributed by atoms with E-state index in [1.165, 1.54) is 15.7 Å². The van der Waals surface area contributed by atoms with Crippen molar-refractivity contribution in [2.45, 2.75) is 0 Å². The van der Waals surface area contributed by atoms with Crippen molar-refractivity contribution in [1.29, 1.82) is 0 Å². The van der Waals surface area contributed by atoms with Gasteiger partial charge in [0.15, 0.2) is 17.3 Å². The quantitative estimate of drug-likeness (QED) is 0.557. The highest BCUT2D eigenvalue weighted by Crippen LogP contribution is 2.31. The summed E-state index contributed by atoms with van der Waals surface area (Å²) in [6.07, 6.45) is 3.26. The molecule has 7 nitrogen and oxygen atoms in total. The molecule has 4 rings (SSSR count). The van der Waals surface area contributed by atoms with Crippen LogP contribution in [0, 0.1) is 0 Å². The Hall–Kier alpha value is -3.13. The van der Waals surface area contributed by atoms with Crippen LogP contribution in [0.4, 0.5) is 0 Å². The lowest BCUT2D eigenvalue weighted by molar-refractivity contribution is 0.355. The molecule has 0 spiro atoms. The molecule has 0 N–H and O–H groups in total. The van der Waals surface area contributed by atoms with Crippen LogP contribution in [-0.2, 0) is 0 Å². The monoisotopic (exact) mass is 355 g/mol. The van der Waals surface area contributed by atoms with Crippen molar-refractivity contribution in [3.8, 4) is 22.9 Å². The van der Waals surface area contributed by atoms with Gasteiger partial charge in [-0.15, -0.1) is 10.2 Å². The topological polar surface area (TPSA) is 78.9 Å². The molecule has 0 unspecified atom stereocenters. The fourth-order valence-corrected chi connectivity index (χ4v) is 3.42. The molecule has 0 aliphatic heterocycles. The molecule has 3 heterocycles.